The van der Waals surface area contributed by atoms with Crippen LogP contribution in [0, 0.1) is 5.92 Å². The number of nitrogens with zero attached hydrogens (tertiary/aromatic N) is 4. The summed E-state index contributed by atoms with van der Waals surface area (Å²) in [5.74, 6) is 0.806. The first-order valence-corrected chi connectivity index (χ1v) is 12.4. The summed E-state index contributed by atoms with van der Waals surface area (Å²) in [4.78, 5) is 19.0. The maximum Gasteiger partial charge on any atom is 0.243 e. The fraction of sp³-hybridized carbons (Fsp3) is 0.429. The van der Waals surface area contributed by atoms with Crippen LogP contribution in [0.15, 0.2) is 60.8 Å². The maximum atomic E-state index is 14.1. The summed E-state index contributed by atoms with van der Waals surface area (Å²) >= 11 is 0. The van der Waals surface area contributed by atoms with Crippen LogP contribution in [0.2, 0.25) is 0 Å². The molecule has 1 spiro atoms. The van der Waals surface area contributed by atoms with Gasteiger partial charge in [-0.15, -0.1) is 0 Å². The molecule has 2 aromatic carbocycles. The van der Waals surface area contributed by atoms with Crippen LogP contribution in [0.1, 0.15) is 42.0 Å². The van der Waals surface area contributed by atoms with E-state index in [9.17, 15) is 4.79 Å². The third-order valence-corrected chi connectivity index (χ3v) is 8.81. The minimum absolute atomic E-state index is 0.272. The Labute approximate surface area is 195 Å². The lowest BCUT2D eigenvalue weighted by molar-refractivity contribution is -0.138. The summed E-state index contributed by atoms with van der Waals surface area (Å²) in [6.07, 6.45) is 7.37. The second-order valence-electron chi connectivity index (χ2n) is 10.4. The number of likely N-dealkylation sites (tertiary alicyclic amines) is 1. The van der Waals surface area contributed by atoms with Gasteiger partial charge in [0.1, 0.15) is 5.54 Å². The Kier molecular flexibility index (Phi) is 4.17. The maximum absolute atomic E-state index is 14.1. The number of fused-ring (bicyclic) bond motifs is 1. The van der Waals surface area contributed by atoms with Gasteiger partial charge in [0.15, 0.2) is 0 Å². The first-order valence-electron chi connectivity index (χ1n) is 12.4. The highest BCUT2D eigenvalue weighted by Crippen LogP contribution is 2.57. The fourth-order valence-electron chi connectivity index (χ4n) is 7.46. The molecule has 3 atom stereocenters. The zero-order chi connectivity index (χ0) is 22.2. The molecule has 33 heavy (non-hydrogen) atoms. The minimum Gasteiger partial charge on any atom is -0.337 e. The van der Waals surface area contributed by atoms with E-state index < -0.39 is 0 Å². The Morgan fingerprint density at radius 3 is 2.48 bits per heavy atom. The monoisotopic (exact) mass is 438 g/mol. The Hall–Kier alpha value is -2.92. The average molecular weight is 439 g/mol. The predicted molar refractivity (Wildman–Crippen MR) is 128 cm³/mol. The number of hydrogen-bond donors (Lipinski definition) is 0. The molecule has 0 radical (unpaired) electrons. The highest BCUT2D eigenvalue weighted by atomic mass is 16.2. The highest BCUT2D eigenvalue weighted by molar-refractivity contribution is 5.91. The number of aromatic nitrogens is 2. The van der Waals surface area contributed by atoms with Crippen molar-refractivity contribution in [1.82, 2.24) is 19.6 Å². The lowest BCUT2D eigenvalue weighted by Crippen LogP contribution is -2.51. The van der Waals surface area contributed by atoms with Gasteiger partial charge in [-0.2, -0.15) is 5.10 Å². The van der Waals surface area contributed by atoms with Gasteiger partial charge in [-0.05, 0) is 49.8 Å². The SMILES string of the molecule is Cn1cc([C@@H]2C[C@H]3CN(C4Cc5ccccc5C4)C(=O)[C@]34CCCN24)c(-c2ccccc2)n1. The van der Waals surface area contributed by atoms with Gasteiger partial charge in [0.05, 0.1) is 5.69 Å². The van der Waals surface area contributed by atoms with E-state index in [1.54, 1.807) is 0 Å². The molecular formula is C28H30N4O. The number of rotatable bonds is 3. The third-order valence-electron chi connectivity index (χ3n) is 8.81. The van der Waals surface area contributed by atoms with Crippen LogP contribution in [-0.2, 0) is 24.7 Å². The number of aryl methyl sites for hydroxylation is 1. The van der Waals surface area contributed by atoms with E-state index >= 15 is 0 Å². The van der Waals surface area contributed by atoms with Gasteiger partial charge in [-0.25, -0.2) is 0 Å². The van der Waals surface area contributed by atoms with Crippen molar-refractivity contribution in [3.63, 3.8) is 0 Å². The topological polar surface area (TPSA) is 41.4 Å². The molecule has 3 aliphatic heterocycles. The van der Waals surface area contributed by atoms with Crippen molar-refractivity contribution in [3.8, 4) is 11.3 Å². The van der Waals surface area contributed by atoms with Crippen LogP contribution in [0.25, 0.3) is 11.3 Å². The highest BCUT2D eigenvalue weighted by Gasteiger charge is 2.66. The lowest BCUT2D eigenvalue weighted by atomic mass is 9.85. The number of hydrogen-bond acceptors (Lipinski definition) is 3. The van der Waals surface area contributed by atoms with Gasteiger partial charge >= 0.3 is 0 Å². The molecule has 3 saturated heterocycles. The van der Waals surface area contributed by atoms with Gasteiger partial charge in [0, 0.05) is 48.9 Å². The molecule has 4 aliphatic rings. The number of amides is 1. The molecule has 1 amide bonds. The van der Waals surface area contributed by atoms with E-state index in [4.69, 9.17) is 5.10 Å². The second-order valence-corrected chi connectivity index (χ2v) is 10.4. The molecule has 5 nitrogen and oxygen atoms in total. The van der Waals surface area contributed by atoms with E-state index in [0.29, 0.717) is 17.9 Å². The Balaban J connectivity index is 1.21. The molecule has 3 fully saturated rings. The quantitative estimate of drug-likeness (QED) is 0.621. The van der Waals surface area contributed by atoms with E-state index in [2.05, 4.69) is 70.6 Å². The molecule has 0 N–H and O–H groups in total. The van der Waals surface area contributed by atoms with Gasteiger partial charge in [0.2, 0.25) is 5.91 Å². The minimum atomic E-state index is -0.302. The van der Waals surface area contributed by atoms with Gasteiger partial charge in [0.25, 0.3) is 0 Å². The van der Waals surface area contributed by atoms with Crippen molar-refractivity contribution in [3.05, 3.63) is 77.5 Å². The molecule has 4 heterocycles. The van der Waals surface area contributed by atoms with Crippen LogP contribution in [0.3, 0.4) is 0 Å². The molecule has 168 valence electrons. The van der Waals surface area contributed by atoms with Crippen molar-refractivity contribution in [2.45, 2.75) is 49.7 Å². The number of benzene rings is 2. The van der Waals surface area contributed by atoms with Crippen molar-refractivity contribution in [2.24, 2.45) is 13.0 Å². The van der Waals surface area contributed by atoms with Crippen molar-refractivity contribution < 1.29 is 4.79 Å². The van der Waals surface area contributed by atoms with Crippen LogP contribution >= 0.6 is 0 Å². The second kappa shape index (κ2) is 7.04. The number of carbonyl (C=O) groups is 1. The van der Waals surface area contributed by atoms with Crippen LogP contribution in [0.5, 0.6) is 0 Å². The van der Waals surface area contributed by atoms with Crippen molar-refractivity contribution in [1.29, 1.82) is 0 Å². The van der Waals surface area contributed by atoms with E-state index in [1.165, 1.54) is 16.7 Å². The van der Waals surface area contributed by atoms with Gasteiger partial charge in [-0.3, -0.25) is 14.4 Å². The molecule has 0 bridgehead atoms. The zero-order valence-corrected chi connectivity index (χ0v) is 19.2. The number of carbonyl (C=O) groups excluding carboxylic acids is 1. The lowest BCUT2D eigenvalue weighted by Gasteiger charge is -2.35. The summed E-state index contributed by atoms with van der Waals surface area (Å²) in [6, 6.07) is 19.8. The summed E-state index contributed by atoms with van der Waals surface area (Å²) in [6.45, 7) is 1.92. The third kappa shape index (κ3) is 2.69. The standard InChI is InChI=1S/C28H30N4O/c1-30-18-24(26(29-30)19-8-3-2-4-9-19)25-16-22-17-31(27(33)28(22)12-7-13-32(25)28)23-14-20-10-5-6-11-21(20)15-23/h2-6,8-11,18,22-23,25H,7,12-17H2,1H3/t22-,25-,28-/m0/s1. The molecular weight excluding hydrogens is 408 g/mol. The molecule has 3 aromatic rings. The first kappa shape index (κ1) is 19.5. The molecule has 1 aromatic heterocycles. The summed E-state index contributed by atoms with van der Waals surface area (Å²) in [5, 5.41) is 4.85. The molecule has 0 unspecified atom stereocenters. The average Bonchev–Trinajstić information content (AvgIpc) is 3.62. The molecule has 0 saturated carbocycles. The van der Waals surface area contributed by atoms with E-state index in [-0.39, 0.29) is 11.6 Å². The molecule has 1 aliphatic carbocycles. The van der Waals surface area contributed by atoms with E-state index in [1.807, 2.05) is 11.7 Å². The largest absolute Gasteiger partial charge is 0.337 e. The Morgan fingerprint density at radius 1 is 1.00 bits per heavy atom. The van der Waals surface area contributed by atoms with Crippen LogP contribution in [-0.4, -0.2) is 50.2 Å². The van der Waals surface area contributed by atoms with Crippen molar-refractivity contribution in [2.75, 3.05) is 13.1 Å². The zero-order valence-electron chi connectivity index (χ0n) is 19.2. The smallest absolute Gasteiger partial charge is 0.243 e. The van der Waals surface area contributed by atoms with Crippen molar-refractivity contribution >= 4 is 5.91 Å². The summed E-state index contributed by atoms with van der Waals surface area (Å²) in [7, 11) is 2.01. The fourth-order valence-corrected chi connectivity index (χ4v) is 7.46. The van der Waals surface area contributed by atoms with Crippen LogP contribution in [0.4, 0.5) is 0 Å². The first-order chi connectivity index (χ1) is 16.1. The van der Waals surface area contributed by atoms with E-state index in [0.717, 1.165) is 56.5 Å². The predicted octanol–water partition coefficient (Wildman–Crippen LogP) is 3.99. The molecule has 5 heteroatoms. The summed E-state index contributed by atoms with van der Waals surface area (Å²) < 4.78 is 1.94. The Bertz CT molecular complexity index is 1210. The van der Waals surface area contributed by atoms with Gasteiger partial charge < -0.3 is 4.90 Å². The summed E-state index contributed by atoms with van der Waals surface area (Å²) in [5.41, 5.74) is 6.06. The Morgan fingerprint density at radius 2 is 1.73 bits per heavy atom. The van der Waals surface area contributed by atoms with Gasteiger partial charge in [-0.1, -0.05) is 54.6 Å². The normalized spacial score (nSPS) is 29.0. The molecule has 7 rings (SSSR count). The van der Waals surface area contributed by atoms with Crippen LogP contribution < -0.4 is 0 Å².